The molecule has 0 fully saturated rings. The highest BCUT2D eigenvalue weighted by molar-refractivity contribution is 14.1. The fourth-order valence-corrected chi connectivity index (χ4v) is 0.749. The predicted molar refractivity (Wildman–Crippen MR) is 65.9 cm³/mol. The number of halogens is 1. The summed E-state index contributed by atoms with van der Waals surface area (Å²) in [6, 6.07) is 0. The lowest BCUT2D eigenvalue weighted by Gasteiger charge is -2.11. The molecule has 0 heterocycles. The Balaban J connectivity index is 3.79. The average Bonchev–Trinajstić information content (AvgIpc) is 2.21. The van der Waals surface area contributed by atoms with Gasteiger partial charge < -0.3 is 14.6 Å². The predicted octanol–water partition coefficient (Wildman–Crippen LogP) is 0.959. The van der Waals surface area contributed by atoms with Crippen LogP contribution in [0.3, 0.4) is 0 Å². The summed E-state index contributed by atoms with van der Waals surface area (Å²) in [6.45, 7) is 7.75. The van der Waals surface area contributed by atoms with E-state index in [1.807, 2.05) is 0 Å². The molecule has 0 rings (SSSR count). The molecule has 0 spiro atoms. The van der Waals surface area contributed by atoms with Crippen molar-refractivity contribution < 1.29 is 24.2 Å². The van der Waals surface area contributed by atoms with Crippen LogP contribution in [0.5, 0.6) is 0 Å². The minimum atomic E-state index is -1.05. The van der Waals surface area contributed by atoms with E-state index in [0.717, 1.165) is 0 Å². The molecular formula is C10H13IO5. The Morgan fingerprint density at radius 3 is 2.06 bits per heavy atom. The van der Waals surface area contributed by atoms with Gasteiger partial charge in [0.05, 0.1) is 3.58 Å². The van der Waals surface area contributed by atoms with Gasteiger partial charge in [0.2, 0.25) is 0 Å². The number of esters is 2. The van der Waals surface area contributed by atoms with Crippen LogP contribution in [0.25, 0.3) is 0 Å². The molecule has 1 unspecified atom stereocenters. The van der Waals surface area contributed by atoms with Gasteiger partial charge in [-0.25, -0.2) is 9.59 Å². The Bertz CT molecular complexity index is 280. The lowest BCUT2D eigenvalue weighted by atomic mass is 10.3. The molecule has 6 heteroatoms. The molecule has 0 bridgehead atoms. The maximum absolute atomic E-state index is 10.9. The van der Waals surface area contributed by atoms with Crippen LogP contribution in [0.15, 0.2) is 22.3 Å². The van der Waals surface area contributed by atoms with Crippen molar-refractivity contribution in [1.29, 1.82) is 0 Å². The number of aliphatic hydroxyl groups excluding tert-OH is 1. The maximum atomic E-state index is 10.9. The third-order valence-corrected chi connectivity index (χ3v) is 1.82. The molecule has 0 aliphatic heterocycles. The van der Waals surface area contributed by atoms with Crippen LogP contribution in [-0.4, -0.2) is 36.4 Å². The summed E-state index contributed by atoms with van der Waals surface area (Å²) in [5.41, 5.74) is 0.241. The Labute approximate surface area is 107 Å². The zero-order chi connectivity index (χ0) is 12.7. The van der Waals surface area contributed by atoms with Crippen molar-refractivity contribution in [2.45, 2.75) is 13.0 Å². The highest BCUT2D eigenvalue weighted by Gasteiger charge is 2.12. The molecule has 90 valence electrons. The Hall–Kier alpha value is -0.890. The minimum absolute atomic E-state index is 0.212. The van der Waals surface area contributed by atoms with Gasteiger partial charge in [-0.2, -0.15) is 0 Å². The van der Waals surface area contributed by atoms with Gasteiger partial charge in [0.1, 0.15) is 19.3 Å². The van der Waals surface area contributed by atoms with Crippen molar-refractivity contribution in [3.8, 4) is 0 Å². The summed E-state index contributed by atoms with van der Waals surface area (Å²) in [5.74, 6) is -1.20. The number of rotatable bonds is 6. The lowest BCUT2D eigenvalue weighted by Crippen LogP contribution is -2.25. The molecule has 0 aromatic rings. The summed E-state index contributed by atoms with van der Waals surface area (Å²) in [6.07, 6.45) is -1.05. The molecule has 0 saturated carbocycles. The quantitative estimate of drug-likeness (QED) is 0.443. The summed E-state index contributed by atoms with van der Waals surface area (Å²) in [5, 5.41) is 9.29. The smallest absolute Gasteiger partial charge is 0.343 e. The molecule has 0 aromatic carbocycles. The van der Waals surface area contributed by atoms with E-state index in [1.165, 1.54) is 6.92 Å². The van der Waals surface area contributed by atoms with Gasteiger partial charge in [0.25, 0.3) is 0 Å². The van der Waals surface area contributed by atoms with E-state index in [1.54, 1.807) is 22.6 Å². The van der Waals surface area contributed by atoms with Crippen LogP contribution in [0.1, 0.15) is 6.92 Å². The third-order valence-electron chi connectivity index (χ3n) is 1.38. The molecule has 0 radical (unpaired) electrons. The Kier molecular flexibility index (Phi) is 6.98. The molecule has 0 amide bonds. The first-order valence-corrected chi connectivity index (χ1v) is 5.44. The van der Waals surface area contributed by atoms with E-state index in [0.29, 0.717) is 0 Å². The lowest BCUT2D eigenvalue weighted by molar-refractivity contribution is -0.146. The second kappa shape index (κ2) is 7.39. The second-order valence-corrected chi connectivity index (χ2v) is 4.34. The highest BCUT2D eigenvalue weighted by atomic mass is 127. The van der Waals surface area contributed by atoms with Crippen LogP contribution in [-0.2, 0) is 19.1 Å². The van der Waals surface area contributed by atoms with Crippen LogP contribution < -0.4 is 0 Å². The fraction of sp³-hybridized carbons (Fsp3) is 0.400. The van der Waals surface area contributed by atoms with Gasteiger partial charge >= 0.3 is 11.9 Å². The Morgan fingerprint density at radius 2 is 1.69 bits per heavy atom. The first-order chi connectivity index (χ1) is 7.34. The zero-order valence-electron chi connectivity index (χ0n) is 8.86. The number of hydrogen-bond acceptors (Lipinski definition) is 5. The number of ether oxygens (including phenoxy) is 2. The van der Waals surface area contributed by atoms with Crippen LogP contribution in [0, 0.1) is 0 Å². The molecule has 0 aliphatic rings. The van der Waals surface area contributed by atoms with E-state index in [2.05, 4.69) is 22.6 Å². The molecule has 1 N–H and O–H groups in total. The molecule has 0 aromatic heterocycles. The summed E-state index contributed by atoms with van der Waals surface area (Å²) < 4.78 is 9.51. The van der Waals surface area contributed by atoms with Crippen LogP contribution in [0.4, 0.5) is 0 Å². The van der Waals surface area contributed by atoms with E-state index in [9.17, 15) is 14.7 Å². The largest absolute Gasteiger partial charge is 0.459 e. The van der Waals surface area contributed by atoms with Gasteiger partial charge in [0.15, 0.2) is 0 Å². The van der Waals surface area contributed by atoms with E-state index >= 15 is 0 Å². The first kappa shape index (κ1) is 15.1. The number of aliphatic hydroxyl groups is 1. The minimum Gasteiger partial charge on any atom is -0.459 e. The van der Waals surface area contributed by atoms with Gasteiger partial charge in [-0.15, -0.1) is 0 Å². The molecule has 16 heavy (non-hydrogen) atoms. The highest BCUT2D eigenvalue weighted by Crippen LogP contribution is 2.04. The third kappa shape index (κ3) is 6.57. The van der Waals surface area contributed by atoms with Crippen LogP contribution in [0.2, 0.25) is 0 Å². The summed E-state index contributed by atoms with van der Waals surface area (Å²) in [7, 11) is 0. The molecule has 1 atom stereocenters. The second-order valence-electron chi connectivity index (χ2n) is 3.04. The fourth-order valence-electron chi connectivity index (χ4n) is 0.593. The molecule has 0 aliphatic carbocycles. The van der Waals surface area contributed by atoms with E-state index in [-0.39, 0.29) is 22.4 Å². The van der Waals surface area contributed by atoms with Gasteiger partial charge in [0, 0.05) is 5.57 Å². The van der Waals surface area contributed by atoms with Gasteiger partial charge in [-0.3, -0.25) is 0 Å². The van der Waals surface area contributed by atoms with Gasteiger partial charge in [-0.05, 0) is 29.5 Å². The van der Waals surface area contributed by atoms with Crippen molar-refractivity contribution in [3.05, 3.63) is 22.3 Å². The molecular weight excluding hydrogens is 327 g/mol. The normalized spacial score (nSPS) is 11.4. The standard InChI is InChI=1S/C10H13IO5/c1-6(2)9(13)15-4-8(12)5-16-10(14)7(3)11/h8,12H,1,3-5H2,2H3. The summed E-state index contributed by atoms with van der Waals surface area (Å²) >= 11 is 1.71. The van der Waals surface area contributed by atoms with Crippen molar-refractivity contribution in [2.24, 2.45) is 0 Å². The SMILES string of the molecule is C=C(C)C(=O)OCC(O)COC(=O)C(=C)I. The maximum Gasteiger partial charge on any atom is 0.343 e. The van der Waals surface area contributed by atoms with Crippen molar-refractivity contribution in [2.75, 3.05) is 13.2 Å². The monoisotopic (exact) mass is 340 g/mol. The van der Waals surface area contributed by atoms with Crippen molar-refractivity contribution in [1.82, 2.24) is 0 Å². The Morgan fingerprint density at radius 1 is 1.25 bits per heavy atom. The molecule has 5 nitrogen and oxygen atoms in total. The van der Waals surface area contributed by atoms with E-state index in [4.69, 9.17) is 0 Å². The summed E-state index contributed by atoms with van der Waals surface area (Å²) in [4.78, 5) is 21.9. The zero-order valence-corrected chi connectivity index (χ0v) is 11.0. The number of carbonyl (C=O) groups excluding carboxylic acids is 2. The topological polar surface area (TPSA) is 72.8 Å². The van der Waals surface area contributed by atoms with Crippen molar-refractivity contribution >= 4 is 34.5 Å². The molecule has 0 saturated heterocycles. The number of carbonyl (C=O) groups is 2. The van der Waals surface area contributed by atoms with Crippen molar-refractivity contribution in [3.63, 3.8) is 0 Å². The average molecular weight is 340 g/mol. The van der Waals surface area contributed by atoms with E-state index < -0.39 is 18.0 Å². The number of hydrogen-bond donors (Lipinski definition) is 1. The van der Waals surface area contributed by atoms with Gasteiger partial charge in [-0.1, -0.05) is 13.2 Å². The van der Waals surface area contributed by atoms with Crippen LogP contribution >= 0.6 is 22.6 Å². The first-order valence-electron chi connectivity index (χ1n) is 4.36.